The molecule has 0 saturated heterocycles. The van der Waals surface area contributed by atoms with Crippen molar-refractivity contribution in [1.82, 2.24) is 0 Å². The first-order valence-electron chi connectivity index (χ1n) is 7.83. The lowest BCUT2D eigenvalue weighted by atomic mass is 10.1. The first-order chi connectivity index (χ1) is 12.0. The summed E-state index contributed by atoms with van der Waals surface area (Å²) in [7, 11) is 0. The van der Waals surface area contributed by atoms with E-state index in [2.05, 4.69) is 0 Å². The summed E-state index contributed by atoms with van der Waals surface area (Å²) in [6.45, 7) is 2.59. The summed E-state index contributed by atoms with van der Waals surface area (Å²) in [5, 5.41) is 10.6. The lowest BCUT2D eigenvalue weighted by Crippen LogP contribution is -2.31. The minimum absolute atomic E-state index is 0.0352. The van der Waals surface area contributed by atoms with Gasteiger partial charge < -0.3 is 9.84 Å². The number of carbonyl (C=O) groups is 2. The Morgan fingerprint density at radius 2 is 1.80 bits per heavy atom. The molecule has 0 radical (unpaired) electrons. The third kappa shape index (κ3) is 3.23. The number of nitrogens with zero attached hydrogens (tertiary/aromatic N) is 1. The zero-order chi connectivity index (χ0) is 18.0. The lowest BCUT2D eigenvalue weighted by Gasteiger charge is -2.14. The van der Waals surface area contributed by atoms with Crippen LogP contribution >= 0.6 is 11.6 Å². The van der Waals surface area contributed by atoms with Crippen LogP contribution in [0.4, 0.5) is 5.69 Å². The quantitative estimate of drug-likeness (QED) is 0.822. The van der Waals surface area contributed by atoms with Crippen molar-refractivity contribution in [3.05, 3.63) is 64.9 Å². The van der Waals surface area contributed by atoms with Crippen molar-refractivity contribution in [3.63, 3.8) is 0 Å². The van der Waals surface area contributed by atoms with Crippen LogP contribution in [-0.2, 0) is 9.59 Å². The maximum absolute atomic E-state index is 12.7. The first kappa shape index (κ1) is 17.0. The van der Waals surface area contributed by atoms with Gasteiger partial charge in [0.1, 0.15) is 5.75 Å². The molecule has 0 saturated carbocycles. The van der Waals surface area contributed by atoms with Gasteiger partial charge in [-0.25, -0.2) is 4.90 Å². The summed E-state index contributed by atoms with van der Waals surface area (Å²) in [6.07, 6.45) is 0.884. The number of amides is 2. The minimum atomic E-state index is -0.770. The number of rotatable bonds is 5. The molecule has 0 aliphatic carbocycles. The molecule has 0 spiro atoms. The topological polar surface area (TPSA) is 66.8 Å². The van der Waals surface area contributed by atoms with Gasteiger partial charge in [0.2, 0.25) is 0 Å². The van der Waals surface area contributed by atoms with Gasteiger partial charge in [-0.2, -0.15) is 0 Å². The Bertz CT molecular complexity index is 858. The molecule has 0 fully saturated rings. The van der Waals surface area contributed by atoms with Crippen molar-refractivity contribution in [3.8, 4) is 5.75 Å². The van der Waals surface area contributed by atoms with Crippen LogP contribution in [0.2, 0.25) is 5.02 Å². The van der Waals surface area contributed by atoms with Gasteiger partial charge in [0.25, 0.3) is 5.91 Å². The van der Waals surface area contributed by atoms with E-state index in [-0.39, 0.29) is 5.57 Å². The van der Waals surface area contributed by atoms with Gasteiger partial charge in [-0.05, 0) is 42.3 Å². The summed E-state index contributed by atoms with van der Waals surface area (Å²) in [6, 6.07) is 13.0. The highest BCUT2D eigenvalue weighted by atomic mass is 35.5. The summed E-state index contributed by atoms with van der Waals surface area (Å²) in [5.41, 5.74) is 0.725. The molecular formula is C19H16ClNO4. The average Bonchev–Trinajstić information content (AvgIpc) is 2.83. The second-order valence-corrected chi connectivity index (χ2v) is 5.96. The third-order valence-corrected chi connectivity index (χ3v) is 3.98. The molecule has 3 rings (SSSR count). The standard InChI is InChI=1S/C19H16ClNO4/c1-2-10-25-15-8-6-12(7-9-15)16-17(22)19(24)21(18(16)23)14-5-3-4-13(20)11-14/h3-9,11,22H,2,10H2,1H3. The molecule has 2 aromatic carbocycles. The van der Waals surface area contributed by atoms with E-state index >= 15 is 0 Å². The smallest absolute Gasteiger partial charge is 0.301 e. The van der Waals surface area contributed by atoms with Crippen LogP contribution in [-0.4, -0.2) is 23.5 Å². The maximum atomic E-state index is 12.7. The van der Waals surface area contributed by atoms with Gasteiger partial charge in [-0.15, -0.1) is 0 Å². The van der Waals surface area contributed by atoms with Gasteiger partial charge in [-0.3, -0.25) is 9.59 Å². The second-order valence-electron chi connectivity index (χ2n) is 5.52. The van der Waals surface area contributed by atoms with E-state index in [1.807, 2.05) is 6.92 Å². The van der Waals surface area contributed by atoms with E-state index in [0.29, 0.717) is 28.6 Å². The number of ether oxygens (including phenoxy) is 1. The molecule has 128 valence electrons. The molecule has 1 heterocycles. The predicted molar refractivity (Wildman–Crippen MR) is 95.7 cm³/mol. The van der Waals surface area contributed by atoms with Crippen LogP contribution in [0, 0.1) is 0 Å². The molecule has 1 aliphatic rings. The van der Waals surface area contributed by atoms with E-state index in [1.165, 1.54) is 6.07 Å². The van der Waals surface area contributed by atoms with Crippen LogP contribution in [0.5, 0.6) is 5.75 Å². The van der Waals surface area contributed by atoms with Gasteiger partial charge in [0.05, 0.1) is 17.9 Å². The molecule has 25 heavy (non-hydrogen) atoms. The van der Waals surface area contributed by atoms with Crippen LogP contribution in [0.25, 0.3) is 5.57 Å². The molecule has 1 N–H and O–H groups in total. The van der Waals surface area contributed by atoms with Gasteiger partial charge in [0.15, 0.2) is 5.76 Å². The number of halogens is 1. The number of aliphatic hydroxyl groups excluding tert-OH is 1. The van der Waals surface area contributed by atoms with Crippen molar-refractivity contribution >= 4 is 34.7 Å². The average molecular weight is 358 g/mol. The minimum Gasteiger partial charge on any atom is -0.502 e. The highest BCUT2D eigenvalue weighted by molar-refractivity contribution is 6.45. The van der Waals surface area contributed by atoms with Crippen molar-refractivity contribution in [1.29, 1.82) is 0 Å². The monoisotopic (exact) mass is 357 g/mol. The van der Waals surface area contributed by atoms with E-state index in [1.54, 1.807) is 42.5 Å². The molecule has 0 bridgehead atoms. The molecule has 2 aromatic rings. The Hall–Kier alpha value is -2.79. The Morgan fingerprint density at radius 1 is 1.08 bits per heavy atom. The van der Waals surface area contributed by atoms with Crippen LogP contribution in [0.15, 0.2) is 54.3 Å². The van der Waals surface area contributed by atoms with Crippen LogP contribution in [0.3, 0.4) is 0 Å². The van der Waals surface area contributed by atoms with Crippen molar-refractivity contribution in [2.75, 3.05) is 11.5 Å². The molecule has 1 aliphatic heterocycles. The molecular weight excluding hydrogens is 342 g/mol. The predicted octanol–water partition coefficient (Wildman–Crippen LogP) is 3.97. The molecule has 5 nitrogen and oxygen atoms in total. The molecule has 0 atom stereocenters. The highest BCUT2D eigenvalue weighted by Gasteiger charge is 2.40. The van der Waals surface area contributed by atoms with Crippen LogP contribution in [0.1, 0.15) is 18.9 Å². The largest absolute Gasteiger partial charge is 0.502 e. The zero-order valence-electron chi connectivity index (χ0n) is 13.5. The van der Waals surface area contributed by atoms with Gasteiger partial charge in [-0.1, -0.05) is 36.7 Å². The molecule has 6 heteroatoms. The molecule has 0 unspecified atom stereocenters. The zero-order valence-corrected chi connectivity index (χ0v) is 14.3. The van der Waals surface area contributed by atoms with Crippen molar-refractivity contribution in [2.45, 2.75) is 13.3 Å². The Balaban J connectivity index is 1.92. The maximum Gasteiger partial charge on any atom is 0.301 e. The van der Waals surface area contributed by atoms with E-state index in [0.717, 1.165) is 11.3 Å². The van der Waals surface area contributed by atoms with Crippen LogP contribution < -0.4 is 9.64 Å². The number of carbonyl (C=O) groups excluding carboxylic acids is 2. The fraction of sp³-hybridized carbons (Fsp3) is 0.158. The summed E-state index contributed by atoms with van der Waals surface area (Å²) in [4.78, 5) is 26.0. The molecule has 0 aromatic heterocycles. The Labute approximate surface area is 150 Å². The SMILES string of the molecule is CCCOc1ccc(C2=C(O)C(=O)N(c3cccc(Cl)c3)C2=O)cc1. The van der Waals surface area contributed by atoms with E-state index < -0.39 is 17.6 Å². The summed E-state index contributed by atoms with van der Waals surface area (Å²) < 4.78 is 5.50. The fourth-order valence-corrected chi connectivity index (χ4v) is 2.75. The summed E-state index contributed by atoms with van der Waals surface area (Å²) >= 11 is 5.93. The van der Waals surface area contributed by atoms with Crippen molar-refractivity contribution in [2.24, 2.45) is 0 Å². The fourth-order valence-electron chi connectivity index (χ4n) is 2.57. The lowest BCUT2D eigenvalue weighted by molar-refractivity contribution is -0.121. The normalized spacial score (nSPS) is 14.4. The number of benzene rings is 2. The van der Waals surface area contributed by atoms with Gasteiger partial charge >= 0.3 is 5.91 Å². The van der Waals surface area contributed by atoms with Gasteiger partial charge in [0, 0.05) is 5.02 Å². The number of hydrogen-bond donors (Lipinski definition) is 1. The van der Waals surface area contributed by atoms with Crippen molar-refractivity contribution < 1.29 is 19.4 Å². The first-order valence-corrected chi connectivity index (χ1v) is 8.21. The third-order valence-electron chi connectivity index (χ3n) is 3.74. The summed E-state index contributed by atoms with van der Waals surface area (Å²) in [5.74, 6) is -1.28. The van der Waals surface area contributed by atoms with E-state index in [9.17, 15) is 14.7 Å². The Morgan fingerprint density at radius 3 is 2.44 bits per heavy atom. The van der Waals surface area contributed by atoms with E-state index in [4.69, 9.17) is 16.3 Å². The number of aliphatic hydroxyl groups is 1. The number of imide groups is 1. The number of hydrogen-bond acceptors (Lipinski definition) is 4. The number of anilines is 1. The Kier molecular flexibility index (Phi) is 4.76. The second kappa shape index (κ2) is 6.99. The highest BCUT2D eigenvalue weighted by Crippen LogP contribution is 2.33. The molecule has 2 amide bonds.